The summed E-state index contributed by atoms with van der Waals surface area (Å²) < 4.78 is 4.44. The Balaban J connectivity index is 1.25. The fourth-order valence-electron chi connectivity index (χ4n) is 7.37. The first-order chi connectivity index (χ1) is 23.8. The highest BCUT2D eigenvalue weighted by Gasteiger charge is 2.20. The van der Waals surface area contributed by atoms with Crippen LogP contribution in [0.3, 0.4) is 0 Å². The van der Waals surface area contributed by atoms with Gasteiger partial charge in [0.15, 0.2) is 0 Å². The van der Waals surface area contributed by atoms with E-state index in [9.17, 15) is 5.26 Å². The Morgan fingerprint density at radius 1 is 0.479 bits per heavy atom. The van der Waals surface area contributed by atoms with Crippen LogP contribution in [0.2, 0.25) is 0 Å². The number of aromatic nitrogens is 2. The molecule has 48 heavy (non-hydrogen) atoms. The number of nitrogens with zero attached hydrogens (tertiary/aromatic N) is 4. The third kappa shape index (κ3) is 4.01. The van der Waals surface area contributed by atoms with E-state index in [0.717, 1.165) is 77.2 Å². The molecule has 222 valence electrons. The van der Waals surface area contributed by atoms with Crippen molar-refractivity contribution < 1.29 is 0 Å². The van der Waals surface area contributed by atoms with E-state index in [1.54, 1.807) is 0 Å². The van der Waals surface area contributed by atoms with Gasteiger partial charge in [-0.05, 0) is 52.9 Å². The van der Waals surface area contributed by atoms with Gasteiger partial charge in [0.2, 0.25) is 5.69 Å². The molecule has 0 amide bonds. The Hall–Kier alpha value is -6.88. The van der Waals surface area contributed by atoms with Crippen molar-refractivity contribution in [3.05, 3.63) is 175 Å². The molecule has 0 unspecified atom stereocenters. The van der Waals surface area contributed by atoms with Gasteiger partial charge in [-0.2, -0.15) is 5.26 Å². The van der Waals surface area contributed by atoms with Crippen LogP contribution in [0.1, 0.15) is 5.56 Å². The van der Waals surface area contributed by atoms with Crippen LogP contribution in [0.25, 0.3) is 82.1 Å². The van der Waals surface area contributed by atoms with E-state index in [0.29, 0.717) is 11.3 Å². The predicted octanol–water partition coefficient (Wildman–Crippen LogP) is 11.6. The topological polar surface area (TPSA) is 38.0 Å². The first kappa shape index (κ1) is 27.4. The van der Waals surface area contributed by atoms with Crippen molar-refractivity contribution in [1.29, 1.82) is 5.26 Å². The second-order valence-corrected chi connectivity index (χ2v) is 11.9. The minimum absolute atomic E-state index is 0.618. The summed E-state index contributed by atoms with van der Waals surface area (Å²) in [5.41, 5.74) is 11.1. The maximum atomic E-state index is 10.7. The minimum Gasteiger partial charge on any atom is -0.318 e. The van der Waals surface area contributed by atoms with E-state index in [4.69, 9.17) is 6.57 Å². The Morgan fingerprint density at radius 2 is 0.979 bits per heavy atom. The number of benzene rings is 7. The molecule has 0 aliphatic rings. The van der Waals surface area contributed by atoms with Gasteiger partial charge in [0.25, 0.3) is 0 Å². The first-order valence-electron chi connectivity index (χ1n) is 15.9. The number of nitriles is 1. The van der Waals surface area contributed by atoms with Crippen LogP contribution in [0, 0.1) is 17.9 Å². The molecule has 9 rings (SSSR count). The smallest absolute Gasteiger partial charge is 0.211 e. The number of para-hydroxylation sites is 5. The van der Waals surface area contributed by atoms with E-state index >= 15 is 0 Å². The zero-order valence-corrected chi connectivity index (χ0v) is 25.8. The highest BCUT2D eigenvalue weighted by molar-refractivity contribution is 6.14. The lowest BCUT2D eigenvalue weighted by Gasteiger charge is -2.16. The van der Waals surface area contributed by atoms with Crippen molar-refractivity contribution in [3.63, 3.8) is 0 Å². The van der Waals surface area contributed by atoms with Crippen LogP contribution in [0.4, 0.5) is 5.69 Å². The maximum Gasteiger partial charge on any atom is 0.211 e. The van der Waals surface area contributed by atoms with Gasteiger partial charge in [-0.15, -0.1) is 0 Å². The van der Waals surface area contributed by atoms with Crippen LogP contribution in [0.5, 0.6) is 0 Å². The van der Waals surface area contributed by atoms with Gasteiger partial charge in [-0.1, -0.05) is 121 Å². The molecular weight excluding hydrogens is 585 g/mol. The summed E-state index contributed by atoms with van der Waals surface area (Å²) in [6, 6.07) is 56.5. The molecule has 0 bridgehead atoms. The highest BCUT2D eigenvalue weighted by Crippen LogP contribution is 2.41. The summed E-state index contributed by atoms with van der Waals surface area (Å²) in [5.74, 6) is 0. The fraction of sp³-hybridized carbons (Fsp3) is 0. The van der Waals surface area contributed by atoms with Gasteiger partial charge in [0.05, 0.1) is 45.6 Å². The van der Waals surface area contributed by atoms with Crippen molar-refractivity contribution >= 4 is 49.3 Å². The van der Waals surface area contributed by atoms with Crippen molar-refractivity contribution in [2.75, 3.05) is 0 Å². The Labute approximate surface area is 277 Å². The minimum atomic E-state index is 0.618. The van der Waals surface area contributed by atoms with Crippen LogP contribution < -0.4 is 0 Å². The van der Waals surface area contributed by atoms with Crippen molar-refractivity contribution in [3.8, 4) is 39.7 Å². The molecule has 0 aliphatic carbocycles. The second kappa shape index (κ2) is 10.9. The molecule has 4 nitrogen and oxygen atoms in total. The second-order valence-electron chi connectivity index (χ2n) is 11.9. The lowest BCUT2D eigenvalue weighted by atomic mass is 9.94. The van der Waals surface area contributed by atoms with Gasteiger partial charge in [-0.25, -0.2) is 4.85 Å². The van der Waals surface area contributed by atoms with E-state index in [-0.39, 0.29) is 0 Å². The summed E-state index contributed by atoms with van der Waals surface area (Å²) in [7, 11) is 0. The van der Waals surface area contributed by atoms with Gasteiger partial charge in [-0.3, -0.25) is 0 Å². The third-order valence-corrected chi connectivity index (χ3v) is 9.40. The molecule has 0 spiro atoms. The number of hydrogen-bond acceptors (Lipinski definition) is 1. The Kier molecular flexibility index (Phi) is 6.22. The average Bonchev–Trinajstić information content (AvgIpc) is 3.67. The molecule has 7 aromatic carbocycles. The van der Waals surface area contributed by atoms with Crippen LogP contribution in [-0.2, 0) is 0 Å². The molecule has 0 saturated heterocycles. The van der Waals surface area contributed by atoms with Gasteiger partial charge in [0.1, 0.15) is 6.07 Å². The number of hydrogen-bond donors (Lipinski definition) is 0. The maximum absolute atomic E-state index is 10.7. The largest absolute Gasteiger partial charge is 0.318 e. The summed E-state index contributed by atoms with van der Waals surface area (Å²) in [5, 5.41) is 15.2. The summed E-state index contributed by atoms with van der Waals surface area (Å²) in [6.45, 7) is 7.98. The van der Waals surface area contributed by atoms with Crippen molar-refractivity contribution in [2.45, 2.75) is 0 Å². The van der Waals surface area contributed by atoms with Gasteiger partial charge < -0.3 is 9.13 Å². The van der Waals surface area contributed by atoms with Gasteiger partial charge >= 0.3 is 0 Å². The molecule has 4 heteroatoms. The van der Waals surface area contributed by atoms with Crippen molar-refractivity contribution in [2.24, 2.45) is 0 Å². The third-order valence-electron chi connectivity index (χ3n) is 9.40. The summed E-state index contributed by atoms with van der Waals surface area (Å²) >= 11 is 0. The summed E-state index contributed by atoms with van der Waals surface area (Å²) in [4.78, 5) is 3.92. The molecule has 0 N–H and O–H groups in total. The van der Waals surface area contributed by atoms with Gasteiger partial charge in [0, 0.05) is 27.3 Å². The normalized spacial score (nSPS) is 11.3. The van der Waals surface area contributed by atoms with Crippen molar-refractivity contribution in [1.82, 2.24) is 9.13 Å². The molecule has 2 aromatic heterocycles. The van der Waals surface area contributed by atoms with Crippen LogP contribution >= 0.6 is 0 Å². The quantitative estimate of drug-likeness (QED) is 0.183. The molecular formula is C44H26N4. The first-order valence-corrected chi connectivity index (χ1v) is 15.9. The van der Waals surface area contributed by atoms with E-state index < -0.39 is 0 Å². The van der Waals surface area contributed by atoms with E-state index in [2.05, 4.69) is 117 Å². The molecule has 2 heterocycles. The fourth-order valence-corrected chi connectivity index (χ4v) is 7.37. The summed E-state index contributed by atoms with van der Waals surface area (Å²) in [6.07, 6.45) is 0. The standard InChI is InChI=1S/C44H26N4/c1-46-38-21-11-20-36-35-18-5-9-25-42(35)48(44(36)38)39-22-6-2-15-32(39)30-14-10-13-29(27-30)31-19-12-26-43(37(31)28-45)47-40-23-7-3-16-33(40)34-17-4-8-24-41(34)47/h2-27H. The highest BCUT2D eigenvalue weighted by atomic mass is 15.0. The lowest BCUT2D eigenvalue weighted by molar-refractivity contribution is 1.17. The van der Waals surface area contributed by atoms with Crippen LogP contribution in [-0.4, -0.2) is 9.13 Å². The monoisotopic (exact) mass is 610 g/mol. The predicted molar refractivity (Wildman–Crippen MR) is 197 cm³/mol. The zero-order valence-electron chi connectivity index (χ0n) is 25.8. The SMILES string of the molecule is [C-]#[N+]c1cccc2c3ccccc3n(-c3ccccc3-c3cccc(-c4cccc(-n5c6ccccc6c6ccccc65)c4C#N)c3)c12. The average molecular weight is 611 g/mol. The Morgan fingerprint density at radius 3 is 1.67 bits per heavy atom. The van der Waals surface area contributed by atoms with Crippen LogP contribution in [0.15, 0.2) is 158 Å². The lowest BCUT2D eigenvalue weighted by Crippen LogP contribution is -2.00. The molecule has 0 aliphatic heterocycles. The molecule has 0 atom stereocenters. The van der Waals surface area contributed by atoms with E-state index in [1.807, 2.05) is 60.7 Å². The molecule has 0 radical (unpaired) electrons. The molecule has 0 fully saturated rings. The zero-order chi connectivity index (χ0) is 32.2. The number of rotatable bonds is 4. The van der Waals surface area contributed by atoms with E-state index in [1.165, 1.54) is 0 Å². The molecule has 9 aromatic rings. The number of fused-ring (bicyclic) bond motifs is 6. The Bertz CT molecular complexity index is 2760. The molecule has 0 saturated carbocycles.